The summed E-state index contributed by atoms with van der Waals surface area (Å²) in [5.41, 5.74) is 0.161. The maximum Gasteiger partial charge on any atom is 0.260 e. The molecule has 5 nitrogen and oxygen atoms in total. The molecule has 0 radical (unpaired) electrons. The van der Waals surface area contributed by atoms with Gasteiger partial charge in [0.1, 0.15) is 11.6 Å². The molecule has 2 aliphatic heterocycles. The van der Waals surface area contributed by atoms with E-state index in [-0.39, 0.29) is 23.7 Å². The van der Waals surface area contributed by atoms with Gasteiger partial charge in [-0.25, -0.2) is 4.39 Å². The van der Waals surface area contributed by atoms with Crippen molar-refractivity contribution in [3.8, 4) is 5.75 Å². The summed E-state index contributed by atoms with van der Waals surface area (Å²) in [5.74, 6) is 0.656. The molecule has 0 bridgehead atoms. The highest BCUT2D eigenvalue weighted by Crippen LogP contribution is 2.44. The summed E-state index contributed by atoms with van der Waals surface area (Å²) in [5, 5.41) is 0. The highest BCUT2D eigenvalue weighted by molar-refractivity contribution is 5.78. The molecule has 2 fully saturated rings. The van der Waals surface area contributed by atoms with Gasteiger partial charge in [0.05, 0.1) is 0 Å². The van der Waals surface area contributed by atoms with E-state index in [2.05, 4.69) is 19.0 Å². The smallest absolute Gasteiger partial charge is 0.260 e. The Hall–Kier alpha value is -1.66. The number of hydrogen-bond acceptors (Lipinski definition) is 4. The van der Waals surface area contributed by atoms with Crippen LogP contribution >= 0.6 is 0 Å². The quantitative estimate of drug-likeness (QED) is 0.815. The van der Waals surface area contributed by atoms with E-state index in [4.69, 9.17) is 9.47 Å². The Bertz CT molecular complexity index is 585. The average Bonchev–Trinajstić information content (AvgIpc) is 2.92. The van der Waals surface area contributed by atoms with Crippen LogP contribution in [-0.2, 0) is 9.53 Å². The van der Waals surface area contributed by atoms with Crippen LogP contribution < -0.4 is 4.74 Å². The van der Waals surface area contributed by atoms with Gasteiger partial charge < -0.3 is 19.3 Å². The minimum atomic E-state index is -0.314. The fourth-order valence-corrected chi connectivity index (χ4v) is 4.03. The molecule has 1 aromatic rings. The predicted molar refractivity (Wildman–Crippen MR) is 93.0 cm³/mol. The van der Waals surface area contributed by atoms with Gasteiger partial charge in [0.2, 0.25) is 0 Å². The van der Waals surface area contributed by atoms with Gasteiger partial charge in [0, 0.05) is 32.8 Å². The second-order valence-corrected chi connectivity index (χ2v) is 7.45. The van der Waals surface area contributed by atoms with Gasteiger partial charge in [-0.15, -0.1) is 0 Å². The van der Waals surface area contributed by atoms with Crippen molar-refractivity contribution in [2.75, 3.05) is 53.6 Å². The number of likely N-dealkylation sites (tertiary alicyclic amines) is 1. The first kappa shape index (κ1) is 18.1. The molecule has 0 unspecified atom stereocenters. The predicted octanol–water partition coefficient (Wildman–Crippen LogP) is 2.02. The van der Waals surface area contributed by atoms with Gasteiger partial charge in [0.25, 0.3) is 5.91 Å². The molecule has 1 spiro atoms. The van der Waals surface area contributed by atoms with Crippen LogP contribution in [0, 0.1) is 17.2 Å². The fraction of sp³-hybridized carbons (Fsp3) is 0.632. The third kappa shape index (κ3) is 4.30. The number of carbonyl (C=O) groups excluding carboxylic acids is 1. The van der Waals surface area contributed by atoms with E-state index in [1.165, 1.54) is 12.1 Å². The van der Waals surface area contributed by atoms with Crippen LogP contribution in [0.15, 0.2) is 24.3 Å². The Morgan fingerprint density at radius 2 is 2.00 bits per heavy atom. The monoisotopic (exact) mass is 350 g/mol. The molecule has 2 heterocycles. The summed E-state index contributed by atoms with van der Waals surface area (Å²) < 4.78 is 24.0. The van der Waals surface area contributed by atoms with Gasteiger partial charge in [-0.3, -0.25) is 4.79 Å². The lowest BCUT2D eigenvalue weighted by Crippen LogP contribution is -2.41. The molecule has 0 aliphatic carbocycles. The lowest BCUT2D eigenvalue weighted by molar-refractivity contribution is -0.133. The molecule has 0 aromatic heterocycles. The lowest BCUT2D eigenvalue weighted by Gasteiger charge is -2.38. The summed E-state index contributed by atoms with van der Waals surface area (Å²) in [7, 11) is 4.16. The van der Waals surface area contributed by atoms with Crippen molar-refractivity contribution in [1.82, 2.24) is 9.80 Å². The molecule has 0 saturated carbocycles. The van der Waals surface area contributed by atoms with Crippen molar-refractivity contribution >= 4 is 5.91 Å². The van der Waals surface area contributed by atoms with E-state index < -0.39 is 0 Å². The number of hydrogen-bond donors (Lipinski definition) is 0. The summed E-state index contributed by atoms with van der Waals surface area (Å²) in [4.78, 5) is 16.8. The highest BCUT2D eigenvalue weighted by atomic mass is 19.1. The SMILES string of the molecule is CN(C)C[C@H]1CN(C(=O)COc2ccc(F)cc2)CC12CCOCC2. The van der Waals surface area contributed by atoms with Crippen LogP contribution in [0.2, 0.25) is 0 Å². The van der Waals surface area contributed by atoms with Crippen molar-refractivity contribution < 1.29 is 18.7 Å². The van der Waals surface area contributed by atoms with Crippen molar-refractivity contribution in [3.63, 3.8) is 0 Å². The minimum absolute atomic E-state index is 0.00329. The maximum atomic E-state index is 12.9. The number of rotatable bonds is 5. The third-order valence-electron chi connectivity index (χ3n) is 5.42. The molecule has 6 heteroatoms. The number of nitrogens with zero attached hydrogens (tertiary/aromatic N) is 2. The van der Waals surface area contributed by atoms with Crippen molar-refractivity contribution in [3.05, 3.63) is 30.1 Å². The van der Waals surface area contributed by atoms with Crippen molar-refractivity contribution in [1.29, 1.82) is 0 Å². The zero-order valence-corrected chi connectivity index (χ0v) is 15.0. The zero-order valence-electron chi connectivity index (χ0n) is 15.0. The maximum absolute atomic E-state index is 12.9. The largest absolute Gasteiger partial charge is 0.484 e. The molecule has 25 heavy (non-hydrogen) atoms. The Labute approximate surface area is 148 Å². The molecule has 1 atom stereocenters. The third-order valence-corrected chi connectivity index (χ3v) is 5.42. The van der Waals surface area contributed by atoms with Gasteiger partial charge in [0.15, 0.2) is 6.61 Å². The molecule has 0 N–H and O–H groups in total. The summed E-state index contributed by atoms with van der Waals surface area (Å²) in [6.45, 7) is 4.07. The fourth-order valence-electron chi connectivity index (χ4n) is 4.03. The Morgan fingerprint density at radius 1 is 1.32 bits per heavy atom. The molecule has 3 rings (SSSR count). The average molecular weight is 350 g/mol. The van der Waals surface area contributed by atoms with Crippen molar-refractivity contribution in [2.24, 2.45) is 11.3 Å². The molecule has 2 saturated heterocycles. The van der Waals surface area contributed by atoms with Gasteiger partial charge in [-0.2, -0.15) is 0 Å². The first-order valence-electron chi connectivity index (χ1n) is 8.87. The normalized spacial score (nSPS) is 22.6. The number of carbonyl (C=O) groups is 1. The van der Waals surface area contributed by atoms with Crippen LogP contribution in [0.5, 0.6) is 5.75 Å². The van der Waals surface area contributed by atoms with E-state index in [0.717, 1.165) is 45.7 Å². The van der Waals surface area contributed by atoms with Gasteiger partial charge in [-0.05, 0) is 62.5 Å². The summed E-state index contributed by atoms with van der Waals surface area (Å²) in [6.07, 6.45) is 2.02. The van der Waals surface area contributed by atoms with E-state index in [9.17, 15) is 9.18 Å². The molecule has 1 aromatic carbocycles. The van der Waals surface area contributed by atoms with Crippen LogP contribution in [0.1, 0.15) is 12.8 Å². The summed E-state index contributed by atoms with van der Waals surface area (Å²) >= 11 is 0. The summed E-state index contributed by atoms with van der Waals surface area (Å²) in [6, 6.07) is 5.75. The van der Waals surface area contributed by atoms with E-state index in [1.807, 2.05) is 4.90 Å². The molecule has 2 aliphatic rings. The van der Waals surface area contributed by atoms with Crippen LogP contribution in [0.25, 0.3) is 0 Å². The van der Waals surface area contributed by atoms with Crippen molar-refractivity contribution in [2.45, 2.75) is 12.8 Å². The topological polar surface area (TPSA) is 42.0 Å². The molecular weight excluding hydrogens is 323 g/mol. The number of ether oxygens (including phenoxy) is 2. The first-order valence-corrected chi connectivity index (χ1v) is 8.87. The second kappa shape index (κ2) is 7.70. The Balaban J connectivity index is 1.61. The second-order valence-electron chi connectivity index (χ2n) is 7.45. The first-order chi connectivity index (χ1) is 12.0. The van der Waals surface area contributed by atoms with E-state index in [1.54, 1.807) is 12.1 Å². The highest BCUT2D eigenvalue weighted by Gasteiger charge is 2.48. The van der Waals surface area contributed by atoms with E-state index in [0.29, 0.717) is 11.7 Å². The standard InChI is InChI=1S/C19H27FN2O3/c1-21(2)11-15-12-22(14-19(15)7-9-24-10-8-19)18(23)13-25-17-5-3-16(20)4-6-17/h3-6,15H,7-14H2,1-2H3/t15-/m0/s1. The number of amides is 1. The zero-order chi connectivity index (χ0) is 17.9. The van der Waals surface area contributed by atoms with Gasteiger partial charge in [-0.1, -0.05) is 0 Å². The van der Waals surface area contributed by atoms with Gasteiger partial charge >= 0.3 is 0 Å². The minimum Gasteiger partial charge on any atom is -0.484 e. The van der Waals surface area contributed by atoms with Crippen LogP contribution in [0.4, 0.5) is 4.39 Å². The lowest BCUT2D eigenvalue weighted by atomic mass is 9.72. The molecule has 138 valence electrons. The van der Waals surface area contributed by atoms with Crippen LogP contribution in [-0.4, -0.2) is 69.3 Å². The number of halogens is 1. The van der Waals surface area contributed by atoms with Crippen LogP contribution in [0.3, 0.4) is 0 Å². The molecular formula is C19H27FN2O3. The molecule has 1 amide bonds. The van der Waals surface area contributed by atoms with E-state index >= 15 is 0 Å². The Kier molecular flexibility index (Phi) is 5.59. The number of benzene rings is 1. The Morgan fingerprint density at radius 3 is 2.64 bits per heavy atom.